The summed E-state index contributed by atoms with van der Waals surface area (Å²) in [6.07, 6.45) is 5.12. The van der Waals surface area contributed by atoms with Gasteiger partial charge in [0.05, 0.1) is 18.3 Å². The summed E-state index contributed by atoms with van der Waals surface area (Å²) in [4.78, 5) is 0. The summed E-state index contributed by atoms with van der Waals surface area (Å²) in [5.41, 5.74) is 0. The van der Waals surface area contributed by atoms with Crippen LogP contribution >= 0.6 is 0 Å². The van der Waals surface area contributed by atoms with Crippen LogP contribution in [-0.2, 0) is 0 Å². The summed E-state index contributed by atoms with van der Waals surface area (Å²) in [6.45, 7) is 0. The van der Waals surface area contributed by atoms with E-state index in [0.29, 0.717) is 0 Å². The van der Waals surface area contributed by atoms with E-state index < -0.39 is 0 Å². The van der Waals surface area contributed by atoms with Gasteiger partial charge in [0.2, 0.25) is 0 Å². The van der Waals surface area contributed by atoms with Crippen molar-refractivity contribution in [1.82, 2.24) is 15.0 Å². The molecule has 1 N–H and O–H groups in total. The average molecular weight is 139 g/mol. The van der Waals surface area contributed by atoms with Crippen molar-refractivity contribution in [2.75, 3.05) is 0 Å². The maximum atomic E-state index is 9.19. The van der Waals surface area contributed by atoms with Crippen LogP contribution in [0.25, 0.3) is 0 Å². The normalized spacial score (nSPS) is 31.7. The van der Waals surface area contributed by atoms with E-state index in [4.69, 9.17) is 0 Å². The predicted octanol–water partition coefficient (Wildman–Crippen LogP) is -0.0261. The Hall–Kier alpha value is -0.900. The van der Waals surface area contributed by atoms with E-state index in [0.717, 1.165) is 12.8 Å². The zero-order valence-electron chi connectivity index (χ0n) is 5.51. The molecule has 1 fully saturated rings. The van der Waals surface area contributed by atoms with E-state index in [2.05, 4.69) is 10.3 Å². The van der Waals surface area contributed by atoms with Crippen molar-refractivity contribution in [3.05, 3.63) is 12.4 Å². The molecule has 0 aliphatic heterocycles. The molecule has 1 aromatic rings. The van der Waals surface area contributed by atoms with Gasteiger partial charge < -0.3 is 5.11 Å². The van der Waals surface area contributed by atoms with Crippen LogP contribution in [0.3, 0.4) is 0 Å². The topological polar surface area (TPSA) is 50.9 Å². The molecule has 54 valence electrons. The van der Waals surface area contributed by atoms with E-state index in [1.807, 2.05) is 0 Å². The number of rotatable bonds is 1. The minimum atomic E-state index is -0.207. The van der Waals surface area contributed by atoms with Crippen LogP contribution in [0.2, 0.25) is 0 Å². The Morgan fingerprint density at radius 2 is 2.40 bits per heavy atom. The second kappa shape index (κ2) is 2.05. The third kappa shape index (κ3) is 0.724. The molecule has 0 spiro atoms. The predicted molar refractivity (Wildman–Crippen MR) is 34.3 cm³/mol. The maximum Gasteiger partial charge on any atom is 0.0796 e. The first kappa shape index (κ1) is 5.85. The molecule has 1 aromatic heterocycles. The van der Waals surface area contributed by atoms with Gasteiger partial charge in [0.1, 0.15) is 0 Å². The third-order valence-electron chi connectivity index (χ3n) is 1.98. The van der Waals surface area contributed by atoms with Crippen molar-refractivity contribution in [2.45, 2.75) is 25.0 Å². The Morgan fingerprint density at radius 3 is 2.80 bits per heavy atom. The molecule has 0 bridgehead atoms. The van der Waals surface area contributed by atoms with E-state index in [-0.39, 0.29) is 12.1 Å². The van der Waals surface area contributed by atoms with Gasteiger partial charge in [-0.2, -0.15) is 0 Å². The van der Waals surface area contributed by atoms with Crippen molar-refractivity contribution in [2.24, 2.45) is 0 Å². The quantitative estimate of drug-likeness (QED) is 0.594. The van der Waals surface area contributed by atoms with Crippen molar-refractivity contribution < 1.29 is 5.11 Å². The van der Waals surface area contributed by atoms with Gasteiger partial charge in [-0.1, -0.05) is 5.21 Å². The van der Waals surface area contributed by atoms with Crippen molar-refractivity contribution in [1.29, 1.82) is 0 Å². The van der Waals surface area contributed by atoms with E-state index in [9.17, 15) is 5.11 Å². The van der Waals surface area contributed by atoms with Crippen LogP contribution in [-0.4, -0.2) is 26.2 Å². The number of hydrogen-bond acceptors (Lipinski definition) is 3. The number of aliphatic hydroxyl groups is 1. The minimum Gasteiger partial charge on any atom is -0.391 e. The summed E-state index contributed by atoms with van der Waals surface area (Å²) in [7, 11) is 0. The maximum absolute atomic E-state index is 9.19. The molecule has 0 amide bonds. The van der Waals surface area contributed by atoms with E-state index in [1.54, 1.807) is 17.1 Å². The molecule has 2 unspecified atom stereocenters. The van der Waals surface area contributed by atoms with Gasteiger partial charge in [0.15, 0.2) is 0 Å². The molecule has 1 aliphatic carbocycles. The average Bonchev–Trinajstić information content (AvgIpc) is 2.37. The summed E-state index contributed by atoms with van der Waals surface area (Å²) >= 11 is 0. The SMILES string of the molecule is OC1CCC1n1ccnn1. The van der Waals surface area contributed by atoms with Gasteiger partial charge >= 0.3 is 0 Å². The lowest BCUT2D eigenvalue weighted by Crippen LogP contribution is -2.33. The molecule has 1 saturated carbocycles. The van der Waals surface area contributed by atoms with Crippen molar-refractivity contribution in [3.63, 3.8) is 0 Å². The fourth-order valence-corrected chi connectivity index (χ4v) is 1.17. The summed E-state index contributed by atoms with van der Waals surface area (Å²) in [6, 6.07) is 0.183. The largest absolute Gasteiger partial charge is 0.391 e. The molecule has 0 aromatic carbocycles. The minimum absolute atomic E-state index is 0.183. The Bertz CT molecular complexity index is 209. The standard InChI is InChI=1S/C6H9N3O/c10-6-2-1-5(6)9-4-3-7-8-9/h3-6,10H,1-2H2. The Labute approximate surface area is 58.5 Å². The fraction of sp³-hybridized carbons (Fsp3) is 0.667. The van der Waals surface area contributed by atoms with Crippen LogP contribution in [0.1, 0.15) is 18.9 Å². The highest BCUT2D eigenvalue weighted by Gasteiger charge is 2.30. The number of aliphatic hydroxyl groups excluding tert-OH is 1. The zero-order chi connectivity index (χ0) is 6.97. The second-order valence-corrected chi connectivity index (χ2v) is 2.60. The van der Waals surface area contributed by atoms with Gasteiger partial charge in [-0.05, 0) is 12.8 Å². The lowest BCUT2D eigenvalue weighted by Gasteiger charge is -2.31. The monoisotopic (exact) mass is 139 g/mol. The van der Waals surface area contributed by atoms with Crippen molar-refractivity contribution >= 4 is 0 Å². The van der Waals surface area contributed by atoms with Crippen molar-refractivity contribution in [3.8, 4) is 0 Å². The summed E-state index contributed by atoms with van der Waals surface area (Å²) in [5, 5.41) is 16.6. The first-order valence-electron chi connectivity index (χ1n) is 3.42. The molecular formula is C6H9N3O. The Morgan fingerprint density at radius 1 is 1.50 bits per heavy atom. The molecule has 0 radical (unpaired) electrons. The molecule has 2 atom stereocenters. The van der Waals surface area contributed by atoms with E-state index >= 15 is 0 Å². The molecule has 1 heterocycles. The Kier molecular flexibility index (Phi) is 1.20. The molecule has 4 nitrogen and oxygen atoms in total. The second-order valence-electron chi connectivity index (χ2n) is 2.60. The van der Waals surface area contributed by atoms with Crippen LogP contribution in [0.15, 0.2) is 12.4 Å². The molecular weight excluding hydrogens is 130 g/mol. The molecule has 2 rings (SSSR count). The highest BCUT2D eigenvalue weighted by atomic mass is 16.3. The van der Waals surface area contributed by atoms with Crippen LogP contribution < -0.4 is 0 Å². The fourth-order valence-electron chi connectivity index (χ4n) is 1.17. The van der Waals surface area contributed by atoms with Crippen LogP contribution in [0.5, 0.6) is 0 Å². The van der Waals surface area contributed by atoms with Gasteiger partial charge in [-0.15, -0.1) is 5.10 Å². The first-order valence-corrected chi connectivity index (χ1v) is 3.42. The third-order valence-corrected chi connectivity index (χ3v) is 1.98. The Balaban J connectivity index is 2.14. The summed E-state index contributed by atoms with van der Waals surface area (Å²) < 4.78 is 1.72. The highest BCUT2D eigenvalue weighted by molar-refractivity contribution is 4.85. The zero-order valence-corrected chi connectivity index (χ0v) is 5.51. The number of aromatic nitrogens is 3. The van der Waals surface area contributed by atoms with E-state index in [1.165, 1.54) is 0 Å². The van der Waals surface area contributed by atoms with Gasteiger partial charge in [0, 0.05) is 6.20 Å². The number of nitrogens with zero attached hydrogens (tertiary/aromatic N) is 3. The lowest BCUT2D eigenvalue weighted by molar-refractivity contribution is 0.0244. The number of hydrogen-bond donors (Lipinski definition) is 1. The molecule has 10 heavy (non-hydrogen) atoms. The van der Waals surface area contributed by atoms with Crippen LogP contribution in [0.4, 0.5) is 0 Å². The molecule has 0 saturated heterocycles. The lowest BCUT2D eigenvalue weighted by atomic mass is 9.89. The molecule has 1 aliphatic rings. The first-order chi connectivity index (χ1) is 4.88. The molecule has 4 heteroatoms. The van der Waals surface area contributed by atoms with Gasteiger partial charge in [-0.3, -0.25) is 0 Å². The summed E-state index contributed by atoms with van der Waals surface area (Å²) in [5.74, 6) is 0. The van der Waals surface area contributed by atoms with Gasteiger partial charge in [0.25, 0.3) is 0 Å². The highest BCUT2D eigenvalue weighted by Crippen LogP contribution is 2.30. The van der Waals surface area contributed by atoms with Gasteiger partial charge in [-0.25, -0.2) is 4.68 Å². The van der Waals surface area contributed by atoms with Crippen LogP contribution in [0, 0.1) is 0 Å². The smallest absolute Gasteiger partial charge is 0.0796 e.